The highest BCUT2D eigenvalue weighted by atomic mass is 16.5. The summed E-state index contributed by atoms with van der Waals surface area (Å²) in [7, 11) is 3.91. The molecule has 0 aliphatic heterocycles. The Morgan fingerprint density at radius 2 is 1.94 bits per heavy atom. The summed E-state index contributed by atoms with van der Waals surface area (Å²) < 4.78 is 5.27. The van der Waals surface area contributed by atoms with E-state index in [-0.39, 0.29) is 0 Å². The van der Waals surface area contributed by atoms with Gasteiger partial charge in [0.25, 0.3) is 5.89 Å². The molecule has 0 saturated carbocycles. The summed E-state index contributed by atoms with van der Waals surface area (Å²) >= 11 is 0. The van der Waals surface area contributed by atoms with Gasteiger partial charge in [0.1, 0.15) is 5.54 Å². The molecule has 5 nitrogen and oxygen atoms in total. The zero-order chi connectivity index (χ0) is 13.2. The Balaban J connectivity index is 2.27. The Morgan fingerprint density at radius 3 is 2.56 bits per heavy atom. The number of nitrogens with zero attached hydrogens (tertiary/aromatic N) is 3. The molecule has 0 bridgehead atoms. The summed E-state index contributed by atoms with van der Waals surface area (Å²) in [6.45, 7) is 2.50. The summed E-state index contributed by atoms with van der Waals surface area (Å²) in [6, 6.07) is 9.74. The van der Waals surface area contributed by atoms with Crippen molar-refractivity contribution in [3.05, 3.63) is 47.6 Å². The van der Waals surface area contributed by atoms with Crippen LogP contribution in [-0.4, -0.2) is 29.1 Å². The fourth-order valence-corrected chi connectivity index (χ4v) is 1.72. The van der Waals surface area contributed by atoms with Gasteiger partial charge in [-0.1, -0.05) is 35.5 Å². The first-order valence-electron chi connectivity index (χ1n) is 5.82. The number of hydrogen-bond acceptors (Lipinski definition) is 5. The summed E-state index contributed by atoms with van der Waals surface area (Å²) in [5.74, 6) is 1.08. The van der Waals surface area contributed by atoms with E-state index in [1.165, 1.54) is 0 Å². The van der Waals surface area contributed by atoms with Crippen molar-refractivity contribution in [3.63, 3.8) is 0 Å². The molecule has 0 saturated heterocycles. The third-order valence-corrected chi connectivity index (χ3v) is 2.74. The normalized spacial score (nSPS) is 14.7. The van der Waals surface area contributed by atoms with Crippen LogP contribution < -0.4 is 5.73 Å². The third-order valence-electron chi connectivity index (χ3n) is 2.74. The van der Waals surface area contributed by atoms with E-state index in [1.54, 1.807) is 0 Å². The van der Waals surface area contributed by atoms with Gasteiger partial charge in [0.15, 0.2) is 5.82 Å². The van der Waals surface area contributed by atoms with E-state index in [1.807, 2.05) is 56.3 Å². The third kappa shape index (κ3) is 2.57. The maximum Gasteiger partial charge on any atom is 0.251 e. The predicted octanol–water partition coefficient (Wildman–Crippen LogP) is 1.35. The minimum absolute atomic E-state index is 0.436. The number of hydrogen-bond donors (Lipinski definition) is 1. The average molecular weight is 246 g/mol. The molecular weight excluding hydrogens is 228 g/mol. The van der Waals surface area contributed by atoms with Crippen LogP contribution in [-0.2, 0) is 12.1 Å². The molecule has 96 valence electrons. The van der Waals surface area contributed by atoms with Gasteiger partial charge in [-0.25, -0.2) is 0 Å². The fourth-order valence-electron chi connectivity index (χ4n) is 1.72. The van der Waals surface area contributed by atoms with Crippen LogP contribution in [0.3, 0.4) is 0 Å². The quantitative estimate of drug-likeness (QED) is 0.882. The molecule has 0 spiro atoms. The van der Waals surface area contributed by atoms with Gasteiger partial charge in [0.2, 0.25) is 0 Å². The topological polar surface area (TPSA) is 68.2 Å². The average Bonchev–Trinajstić information content (AvgIpc) is 2.78. The lowest BCUT2D eigenvalue weighted by molar-refractivity contribution is 0.315. The lowest BCUT2D eigenvalue weighted by Gasteiger charge is -2.20. The molecule has 0 radical (unpaired) electrons. The van der Waals surface area contributed by atoms with Crippen LogP contribution in [0, 0.1) is 0 Å². The SMILES string of the molecule is CN(C)Cc1noc(C(C)(N)c2ccccc2)n1. The summed E-state index contributed by atoms with van der Waals surface area (Å²) in [5.41, 5.74) is 6.48. The van der Waals surface area contributed by atoms with E-state index in [9.17, 15) is 0 Å². The van der Waals surface area contributed by atoms with Gasteiger partial charge in [-0.05, 0) is 26.6 Å². The molecule has 2 aromatic rings. The Labute approximate surface area is 107 Å². The minimum Gasteiger partial charge on any atom is -0.337 e. The van der Waals surface area contributed by atoms with Crippen LogP contribution in [0.4, 0.5) is 0 Å². The van der Waals surface area contributed by atoms with Gasteiger partial charge >= 0.3 is 0 Å². The van der Waals surface area contributed by atoms with Crippen molar-refractivity contribution in [1.82, 2.24) is 15.0 Å². The second-order valence-electron chi connectivity index (χ2n) is 4.82. The largest absolute Gasteiger partial charge is 0.337 e. The van der Waals surface area contributed by atoms with Crippen molar-refractivity contribution < 1.29 is 4.52 Å². The smallest absolute Gasteiger partial charge is 0.251 e. The van der Waals surface area contributed by atoms with Gasteiger partial charge < -0.3 is 15.2 Å². The van der Waals surface area contributed by atoms with Gasteiger partial charge in [-0.3, -0.25) is 0 Å². The van der Waals surface area contributed by atoms with Crippen molar-refractivity contribution in [2.24, 2.45) is 5.73 Å². The van der Waals surface area contributed by atoms with E-state index in [0.717, 1.165) is 5.56 Å². The number of rotatable bonds is 4. The van der Waals surface area contributed by atoms with Crippen molar-refractivity contribution >= 4 is 0 Å². The van der Waals surface area contributed by atoms with Crippen LogP contribution in [0.5, 0.6) is 0 Å². The molecule has 18 heavy (non-hydrogen) atoms. The zero-order valence-corrected chi connectivity index (χ0v) is 10.9. The lowest BCUT2D eigenvalue weighted by atomic mass is 9.93. The molecule has 5 heteroatoms. The molecule has 1 heterocycles. The van der Waals surface area contributed by atoms with Gasteiger partial charge in [0, 0.05) is 0 Å². The molecule has 1 aromatic carbocycles. The van der Waals surface area contributed by atoms with Crippen molar-refractivity contribution in [1.29, 1.82) is 0 Å². The van der Waals surface area contributed by atoms with Gasteiger partial charge in [0.05, 0.1) is 6.54 Å². The van der Waals surface area contributed by atoms with E-state index in [4.69, 9.17) is 10.3 Å². The maximum absolute atomic E-state index is 6.29. The van der Waals surface area contributed by atoms with Gasteiger partial charge in [-0.15, -0.1) is 0 Å². The predicted molar refractivity (Wildman–Crippen MR) is 68.8 cm³/mol. The Kier molecular flexibility index (Phi) is 3.45. The number of nitrogens with two attached hydrogens (primary N) is 1. The van der Waals surface area contributed by atoms with E-state index in [2.05, 4.69) is 10.1 Å². The second-order valence-corrected chi connectivity index (χ2v) is 4.82. The van der Waals surface area contributed by atoms with E-state index >= 15 is 0 Å². The maximum atomic E-state index is 6.29. The van der Waals surface area contributed by atoms with Crippen LogP contribution in [0.2, 0.25) is 0 Å². The first-order valence-corrected chi connectivity index (χ1v) is 5.82. The summed E-state index contributed by atoms with van der Waals surface area (Å²) in [6.07, 6.45) is 0. The number of aromatic nitrogens is 2. The molecule has 1 atom stereocenters. The molecule has 1 unspecified atom stereocenters. The van der Waals surface area contributed by atoms with Gasteiger partial charge in [-0.2, -0.15) is 4.98 Å². The molecule has 0 aliphatic rings. The Morgan fingerprint density at radius 1 is 1.28 bits per heavy atom. The van der Waals surface area contributed by atoms with E-state index < -0.39 is 5.54 Å². The second kappa shape index (κ2) is 4.88. The highest BCUT2D eigenvalue weighted by Gasteiger charge is 2.30. The Bertz CT molecular complexity index is 505. The molecule has 1 aromatic heterocycles. The van der Waals surface area contributed by atoms with Crippen molar-refractivity contribution in [2.75, 3.05) is 14.1 Å². The lowest BCUT2D eigenvalue weighted by Crippen LogP contribution is -2.34. The highest BCUT2D eigenvalue weighted by molar-refractivity contribution is 5.28. The molecule has 0 fully saturated rings. The van der Waals surface area contributed by atoms with Crippen molar-refractivity contribution in [3.8, 4) is 0 Å². The summed E-state index contributed by atoms with van der Waals surface area (Å²) in [4.78, 5) is 6.33. The molecule has 2 N–H and O–H groups in total. The highest BCUT2D eigenvalue weighted by Crippen LogP contribution is 2.24. The first-order chi connectivity index (χ1) is 8.50. The minimum atomic E-state index is -0.765. The molecule has 2 rings (SSSR count). The number of benzene rings is 1. The van der Waals surface area contributed by atoms with Crippen molar-refractivity contribution in [2.45, 2.75) is 19.0 Å². The Hall–Kier alpha value is -1.72. The van der Waals surface area contributed by atoms with Crippen LogP contribution in [0.15, 0.2) is 34.9 Å². The standard InChI is InChI=1S/C13H18N4O/c1-13(14,10-7-5-4-6-8-10)12-15-11(16-18-12)9-17(2)3/h4-8H,9,14H2,1-3H3. The molecular formula is C13H18N4O. The van der Waals surface area contributed by atoms with Crippen LogP contribution in [0.25, 0.3) is 0 Å². The van der Waals surface area contributed by atoms with E-state index in [0.29, 0.717) is 18.3 Å². The summed E-state index contributed by atoms with van der Waals surface area (Å²) in [5, 5.41) is 3.94. The first kappa shape index (κ1) is 12.7. The molecule has 0 aliphatic carbocycles. The molecule has 0 amide bonds. The van der Waals surface area contributed by atoms with Crippen LogP contribution >= 0.6 is 0 Å². The fraction of sp³-hybridized carbons (Fsp3) is 0.385. The monoisotopic (exact) mass is 246 g/mol. The zero-order valence-electron chi connectivity index (χ0n) is 10.9. The van der Waals surface area contributed by atoms with Crippen LogP contribution in [0.1, 0.15) is 24.2 Å².